The van der Waals surface area contributed by atoms with Crippen LogP contribution in [0.25, 0.3) is 10.9 Å². The molecule has 0 unspecified atom stereocenters. The average Bonchev–Trinajstić information content (AvgIpc) is 2.85. The Bertz CT molecular complexity index is 721. The lowest BCUT2D eigenvalue weighted by Gasteiger charge is -2.08. The molecule has 0 radical (unpaired) electrons. The normalized spacial score (nSPS) is 10.8. The molecule has 0 amide bonds. The number of nitrogens with one attached hydrogen (secondary N) is 2. The van der Waals surface area contributed by atoms with Crippen LogP contribution in [0.5, 0.6) is 0 Å². The predicted molar refractivity (Wildman–Crippen MR) is 79.7 cm³/mol. The van der Waals surface area contributed by atoms with E-state index in [1.807, 2.05) is 30.5 Å². The fourth-order valence-corrected chi connectivity index (χ4v) is 2.38. The van der Waals surface area contributed by atoms with Crippen molar-refractivity contribution in [3.8, 4) is 0 Å². The zero-order valence-electron chi connectivity index (χ0n) is 10.1. The predicted octanol–water partition coefficient (Wildman–Crippen LogP) is 4.68. The minimum atomic E-state index is -0.253. The molecular formula is C15H12BrFN2. The second-order valence-electron chi connectivity index (χ2n) is 4.38. The zero-order valence-corrected chi connectivity index (χ0v) is 11.7. The first-order valence-corrected chi connectivity index (χ1v) is 6.76. The topological polar surface area (TPSA) is 27.8 Å². The highest BCUT2D eigenvalue weighted by molar-refractivity contribution is 9.10. The molecule has 19 heavy (non-hydrogen) atoms. The van der Waals surface area contributed by atoms with Gasteiger partial charge in [0, 0.05) is 22.7 Å². The summed E-state index contributed by atoms with van der Waals surface area (Å²) in [6, 6.07) is 13.2. The Hall–Kier alpha value is -1.81. The molecule has 1 aromatic heterocycles. The van der Waals surface area contributed by atoms with Gasteiger partial charge in [0.2, 0.25) is 0 Å². The van der Waals surface area contributed by atoms with E-state index in [0.29, 0.717) is 12.2 Å². The Morgan fingerprint density at radius 1 is 1.11 bits per heavy atom. The molecule has 1 heterocycles. The minimum Gasteiger partial charge on any atom is -0.379 e. The second kappa shape index (κ2) is 5.05. The van der Waals surface area contributed by atoms with Gasteiger partial charge in [-0.1, -0.05) is 22.0 Å². The molecule has 3 aromatic rings. The molecule has 0 aliphatic rings. The number of fused-ring (bicyclic) bond motifs is 1. The summed E-state index contributed by atoms with van der Waals surface area (Å²) in [4.78, 5) is 3.15. The van der Waals surface area contributed by atoms with Crippen LogP contribution in [0.4, 0.5) is 10.1 Å². The van der Waals surface area contributed by atoms with E-state index in [1.54, 1.807) is 6.07 Å². The van der Waals surface area contributed by atoms with Crippen molar-refractivity contribution in [1.29, 1.82) is 0 Å². The molecule has 3 rings (SSSR count). The quantitative estimate of drug-likeness (QED) is 0.721. The van der Waals surface area contributed by atoms with Crippen molar-refractivity contribution < 1.29 is 4.39 Å². The SMILES string of the molecule is Fc1cc(Br)ccc1NCc1ccc2[nH]ccc2c1. The number of H-pyrrole nitrogens is 1. The smallest absolute Gasteiger partial charge is 0.147 e. The lowest BCUT2D eigenvalue weighted by molar-refractivity contribution is 0.629. The number of benzene rings is 2. The molecule has 0 atom stereocenters. The number of halogens is 2. The summed E-state index contributed by atoms with van der Waals surface area (Å²) in [6.07, 6.45) is 1.91. The molecule has 2 nitrogen and oxygen atoms in total. The van der Waals surface area contributed by atoms with Crippen LogP contribution < -0.4 is 5.32 Å². The van der Waals surface area contributed by atoms with E-state index < -0.39 is 0 Å². The van der Waals surface area contributed by atoms with Crippen molar-refractivity contribution in [2.45, 2.75) is 6.54 Å². The Labute approximate surface area is 118 Å². The highest BCUT2D eigenvalue weighted by Gasteiger charge is 2.03. The third kappa shape index (κ3) is 2.63. The minimum absolute atomic E-state index is 0.253. The summed E-state index contributed by atoms with van der Waals surface area (Å²) in [6.45, 7) is 0.597. The van der Waals surface area contributed by atoms with Gasteiger partial charge in [-0.15, -0.1) is 0 Å². The van der Waals surface area contributed by atoms with Gasteiger partial charge in [0.15, 0.2) is 0 Å². The van der Waals surface area contributed by atoms with Crippen LogP contribution in [0.2, 0.25) is 0 Å². The molecule has 96 valence electrons. The standard InChI is InChI=1S/C15H12BrFN2/c16-12-2-4-15(13(17)8-12)19-9-10-1-3-14-11(7-10)5-6-18-14/h1-8,18-19H,9H2. The maximum atomic E-state index is 13.7. The van der Waals surface area contributed by atoms with E-state index in [4.69, 9.17) is 0 Å². The number of rotatable bonds is 3. The maximum absolute atomic E-state index is 13.7. The number of aromatic nitrogens is 1. The first-order chi connectivity index (χ1) is 9.22. The van der Waals surface area contributed by atoms with Gasteiger partial charge in [-0.3, -0.25) is 0 Å². The highest BCUT2D eigenvalue weighted by atomic mass is 79.9. The van der Waals surface area contributed by atoms with Gasteiger partial charge in [-0.25, -0.2) is 4.39 Å². The number of hydrogen-bond donors (Lipinski definition) is 2. The van der Waals surface area contributed by atoms with Crippen molar-refractivity contribution in [2.75, 3.05) is 5.32 Å². The molecule has 0 bridgehead atoms. The van der Waals surface area contributed by atoms with Gasteiger partial charge >= 0.3 is 0 Å². The van der Waals surface area contributed by atoms with E-state index in [0.717, 1.165) is 20.9 Å². The fourth-order valence-electron chi connectivity index (χ4n) is 2.04. The van der Waals surface area contributed by atoms with Crippen LogP contribution in [-0.4, -0.2) is 4.98 Å². The third-order valence-corrected chi connectivity index (χ3v) is 3.53. The lowest BCUT2D eigenvalue weighted by atomic mass is 10.1. The monoisotopic (exact) mass is 318 g/mol. The molecule has 0 saturated heterocycles. The molecule has 0 saturated carbocycles. The summed E-state index contributed by atoms with van der Waals surface area (Å²) in [5.74, 6) is -0.253. The van der Waals surface area contributed by atoms with Crippen LogP contribution in [0.1, 0.15) is 5.56 Å². The van der Waals surface area contributed by atoms with Crippen LogP contribution in [0.15, 0.2) is 53.1 Å². The van der Waals surface area contributed by atoms with Crippen LogP contribution in [0.3, 0.4) is 0 Å². The Morgan fingerprint density at radius 3 is 2.84 bits per heavy atom. The van der Waals surface area contributed by atoms with Crippen molar-refractivity contribution >= 4 is 32.5 Å². The molecule has 4 heteroatoms. The van der Waals surface area contributed by atoms with Crippen LogP contribution in [-0.2, 0) is 6.54 Å². The van der Waals surface area contributed by atoms with Gasteiger partial charge in [0.25, 0.3) is 0 Å². The number of hydrogen-bond acceptors (Lipinski definition) is 1. The summed E-state index contributed by atoms with van der Waals surface area (Å²) in [7, 11) is 0. The molecule has 0 fully saturated rings. The van der Waals surface area contributed by atoms with E-state index >= 15 is 0 Å². The van der Waals surface area contributed by atoms with Gasteiger partial charge in [-0.05, 0) is 47.3 Å². The van der Waals surface area contributed by atoms with E-state index in [9.17, 15) is 4.39 Å². The summed E-state index contributed by atoms with van der Waals surface area (Å²) >= 11 is 3.24. The maximum Gasteiger partial charge on any atom is 0.147 e. The molecule has 0 aliphatic heterocycles. The Balaban J connectivity index is 1.77. The van der Waals surface area contributed by atoms with Crippen LogP contribution >= 0.6 is 15.9 Å². The van der Waals surface area contributed by atoms with Gasteiger partial charge in [0.05, 0.1) is 5.69 Å². The average molecular weight is 319 g/mol. The van der Waals surface area contributed by atoms with Crippen molar-refractivity contribution in [3.63, 3.8) is 0 Å². The van der Waals surface area contributed by atoms with E-state index in [2.05, 4.69) is 32.3 Å². The van der Waals surface area contributed by atoms with E-state index in [1.165, 1.54) is 6.07 Å². The van der Waals surface area contributed by atoms with Crippen LogP contribution in [0, 0.1) is 5.82 Å². The molecule has 0 aliphatic carbocycles. The van der Waals surface area contributed by atoms with Crippen molar-refractivity contribution in [2.24, 2.45) is 0 Å². The fraction of sp³-hybridized carbons (Fsp3) is 0.0667. The van der Waals surface area contributed by atoms with E-state index in [-0.39, 0.29) is 5.82 Å². The van der Waals surface area contributed by atoms with Gasteiger partial charge in [0.1, 0.15) is 5.82 Å². The molecular weight excluding hydrogens is 307 g/mol. The number of anilines is 1. The van der Waals surface area contributed by atoms with Gasteiger partial charge in [-0.2, -0.15) is 0 Å². The van der Waals surface area contributed by atoms with Crippen molar-refractivity contribution in [1.82, 2.24) is 4.98 Å². The Morgan fingerprint density at radius 2 is 2.00 bits per heavy atom. The molecule has 2 aromatic carbocycles. The summed E-state index contributed by atoms with van der Waals surface area (Å²) in [5.41, 5.74) is 2.74. The number of aromatic amines is 1. The first-order valence-electron chi connectivity index (χ1n) is 5.97. The largest absolute Gasteiger partial charge is 0.379 e. The van der Waals surface area contributed by atoms with Crippen molar-refractivity contribution in [3.05, 3.63) is 64.5 Å². The molecule has 2 N–H and O–H groups in total. The van der Waals surface area contributed by atoms with Gasteiger partial charge < -0.3 is 10.3 Å². The lowest BCUT2D eigenvalue weighted by Crippen LogP contribution is -2.01. The summed E-state index contributed by atoms with van der Waals surface area (Å²) < 4.78 is 14.4. The first kappa shape index (κ1) is 12.2. The molecule has 0 spiro atoms. The Kier molecular flexibility index (Phi) is 3.25. The summed E-state index contributed by atoms with van der Waals surface area (Å²) in [5, 5.41) is 4.27. The third-order valence-electron chi connectivity index (χ3n) is 3.03. The zero-order chi connectivity index (χ0) is 13.2. The second-order valence-corrected chi connectivity index (χ2v) is 5.29. The highest BCUT2D eigenvalue weighted by Crippen LogP contribution is 2.21.